The Balaban J connectivity index is 1.76. The number of para-hydroxylation sites is 1. The molecule has 3 aromatic carbocycles. The molecule has 150 valence electrons. The fourth-order valence-electron chi connectivity index (χ4n) is 3.15. The molecule has 0 aliphatic rings. The number of aliphatic imine (C=N–C) groups is 1. The first-order valence-corrected chi connectivity index (χ1v) is 9.66. The molecule has 0 N–H and O–H groups in total. The van der Waals surface area contributed by atoms with E-state index in [2.05, 4.69) is 31.2 Å². The third-order valence-corrected chi connectivity index (χ3v) is 4.82. The van der Waals surface area contributed by atoms with Gasteiger partial charge in [0.1, 0.15) is 11.5 Å². The number of nitrogens with zero attached hydrogens (tertiary/aromatic N) is 3. The SMILES string of the molecule is COc1ccc(C=Nc2cc(-c3ccc(C)cc3)nn2-c2ccccc2)c(OC)c1. The Labute approximate surface area is 176 Å². The summed E-state index contributed by atoms with van der Waals surface area (Å²) in [5.41, 5.74) is 4.94. The van der Waals surface area contributed by atoms with Crippen molar-refractivity contribution in [1.29, 1.82) is 0 Å². The number of aromatic nitrogens is 2. The zero-order valence-corrected chi connectivity index (χ0v) is 17.2. The van der Waals surface area contributed by atoms with Crippen molar-refractivity contribution in [2.45, 2.75) is 6.92 Å². The Kier molecular flexibility index (Phi) is 5.61. The molecule has 0 saturated heterocycles. The molecule has 1 heterocycles. The molecule has 0 bridgehead atoms. The fourth-order valence-corrected chi connectivity index (χ4v) is 3.15. The van der Waals surface area contributed by atoms with E-state index in [1.165, 1.54) is 5.56 Å². The number of hydrogen-bond acceptors (Lipinski definition) is 4. The molecule has 4 rings (SSSR count). The molecule has 0 spiro atoms. The van der Waals surface area contributed by atoms with E-state index in [9.17, 15) is 0 Å². The van der Waals surface area contributed by atoms with E-state index in [4.69, 9.17) is 19.6 Å². The van der Waals surface area contributed by atoms with E-state index in [0.29, 0.717) is 5.75 Å². The van der Waals surface area contributed by atoms with E-state index in [1.807, 2.05) is 59.3 Å². The molecule has 0 fully saturated rings. The molecular weight excluding hydrogens is 374 g/mol. The van der Waals surface area contributed by atoms with E-state index in [-0.39, 0.29) is 0 Å². The van der Waals surface area contributed by atoms with Gasteiger partial charge in [0.25, 0.3) is 0 Å². The Morgan fingerprint density at radius 1 is 0.867 bits per heavy atom. The minimum absolute atomic E-state index is 0.697. The average molecular weight is 397 g/mol. The van der Waals surface area contributed by atoms with Crippen LogP contribution < -0.4 is 9.47 Å². The van der Waals surface area contributed by atoms with Crippen LogP contribution in [0.15, 0.2) is 83.9 Å². The Morgan fingerprint density at radius 2 is 1.63 bits per heavy atom. The number of ether oxygens (including phenoxy) is 2. The van der Waals surface area contributed by atoms with Crippen molar-refractivity contribution < 1.29 is 9.47 Å². The maximum absolute atomic E-state index is 5.48. The van der Waals surface area contributed by atoms with E-state index < -0.39 is 0 Å². The molecule has 0 aliphatic carbocycles. The molecule has 1 aromatic heterocycles. The van der Waals surface area contributed by atoms with Gasteiger partial charge in [0, 0.05) is 29.5 Å². The summed E-state index contributed by atoms with van der Waals surface area (Å²) in [6.45, 7) is 2.07. The van der Waals surface area contributed by atoms with Gasteiger partial charge in [0.2, 0.25) is 0 Å². The van der Waals surface area contributed by atoms with E-state index in [1.54, 1.807) is 20.4 Å². The van der Waals surface area contributed by atoms with Crippen molar-refractivity contribution in [3.8, 4) is 28.4 Å². The first-order chi connectivity index (χ1) is 14.7. The molecule has 0 saturated carbocycles. The monoisotopic (exact) mass is 397 g/mol. The van der Waals surface area contributed by atoms with Crippen molar-refractivity contribution in [3.05, 3.63) is 90.0 Å². The zero-order valence-electron chi connectivity index (χ0n) is 17.2. The summed E-state index contributed by atoms with van der Waals surface area (Å²) >= 11 is 0. The highest BCUT2D eigenvalue weighted by Crippen LogP contribution is 2.28. The predicted molar refractivity (Wildman–Crippen MR) is 121 cm³/mol. The van der Waals surface area contributed by atoms with Gasteiger partial charge in [-0.05, 0) is 31.2 Å². The van der Waals surface area contributed by atoms with Crippen LogP contribution in [0.5, 0.6) is 11.5 Å². The maximum atomic E-state index is 5.48. The summed E-state index contributed by atoms with van der Waals surface area (Å²) in [5, 5.41) is 4.81. The fraction of sp³-hybridized carbons (Fsp3) is 0.120. The van der Waals surface area contributed by atoms with Crippen LogP contribution in [0.1, 0.15) is 11.1 Å². The number of benzene rings is 3. The molecule has 0 aliphatic heterocycles. The number of rotatable bonds is 6. The lowest BCUT2D eigenvalue weighted by Crippen LogP contribution is -1.96. The van der Waals surface area contributed by atoms with Crippen LogP contribution in [-0.4, -0.2) is 30.2 Å². The number of hydrogen-bond donors (Lipinski definition) is 0. The molecule has 0 radical (unpaired) electrons. The Bertz CT molecular complexity index is 1160. The summed E-state index contributed by atoms with van der Waals surface area (Å²) in [6.07, 6.45) is 1.79. The first-order valence-electron chi connectivity index (χ1n) is 9.66. The minimum Gasteiger partial charge on any atom is -0.497 e. The lowest BCUT2D eigenvalue weighted by atomic mass is 10.1. The van der Waals surface area contributed by atoms with Crippen LogP contribution in [0.3, 0.4) is 0 Å². The lowest BCUT2D eigenvalue weighted by Gasteiger charge is -2.07. The first kappa shape index (κ1) is 19.5. The minimum atomic E-state index is 0.697. The second-order valence-electron chi connectivity index (χ2n) is 6.87. The maximum Gasteiger partial charge on any atom is 0.156 e. The topological polar surface area (TPSA) is 48.6 Å². The van der Waals surface area contributed by atoms with Crippen molar-refractivity contribution in [1.82, 2.24) is 9.78 Å². The normalized spacial score (nSPS) is 11.0. The highest BCUT2D eigenvalue weighted by atomic mass is 16.5. The summed E-state index contributed by atoms with van der Waals surface area (Å²) in [6, 6.07) is 25.9. The van der Waals surface area contributed by atoms with Gasteiger partial charge in [-0.3, -0.25) is 0 Å². The second-order valence-corrected chi connectivity index (χ2v) is 6.87. The molecule has 0 atom stereocenters. The van der Waals surface area contributed by atoms with Gasteiger partial charge in [0.15, 0.2) is 5.82 Å². The highest BCUT2D eigenvalue weighted by molar-refractivity contribution is 5.86. The van der Waals surface area contributed by atoms with Crippen LogP contribution in [0.25, 0.3) is 16.9 Å². The van der Waals surface area contributed by atoms with Gasteiger partial charge in [-0.25, -0.2) is 9.67 Å². The molecule has 0 unspecified atom stereocenters. The number of methoxy groups -OCH3 is 2. The number of aryl methyl sites for hydroxylation is 1. The van der Waals surface area contributed by atoms with Crippen LogP contribution in [0.4, 0.5) is 5.82 Å². The Morgan fingerprint density at radius 3 is 2.33 bits per heavy atom. The van der Waals surface area contributed by atoms with Crippen molar-refractivity contribution in [3.63, 3.8) is 0 Å². The molecule has 30 heavy (non-hydrogen) atoms. The van der Waals surface area contributed by atoms with Crippen molar-refractivity contribution in [2.75, 3.05) is 14.2 Å². The van der Waals surface area contributed by atoms with Crippen molar-refractivity contribution >= 4 is 12.0 Å². The van der Waals surface area contributed by atoms with Crippen molar-refractivity contribution in [2.24, 2.45) is 4.99 Å². The van der Waals surface area contributed by atoms with Crippen LogP contribution in [0, 0.1) is 6.92 Å². The molecule has 5 heteroatoms. The van der Waals surface area contributed by atoms with Gasteiger partial charge in [-0.1, -0.05) is 48.0 Å². The van der Waals surface area contributed by atoms with Gasteiger partial charge < -0.3 is 9.47 Å². The quantitative estimate of drug-likeness (QED) is 0.397. The van der Waals surface area contributed by atoms with Crippen LogP contribution in [-0.2, 0) is 0 Å². The third-order valence-electron chi connectivity index (χ3n) is 4.82. The van der Waals surface area contributed by atoms with Gasteiger partial charge in [-0.2, -0.15) is 5.10 Å². The highest BCUT2D eigenvalue weighted by Gasteiger charge is 2.11. The zero-order chi connectivity index (χ0) is 20.9. The Hall–Kier alpha value is -3.86. The lowest BCUT2D eigenvalue weighted by molar-refractivity contribution is 0.394. The van der Waals surface area contributed by atoms with E-state index >= 15 is 0 Å². The third kappa shape index (κ3) is 4.10. The second kappa shape index (κ2) is 8.66. The van der Waals surface area contributed by atoms with Gasteiger partial charge >= 0.3 is 0 Å². The molecule has 0 amide bonds. The molecule has 5 nitrogen and oxygen atoms in total. The summed E-state index contributed by atoms with van der Waals surface area (Å²) in [5.74, 6) is 2.16. The summed E-state index contributed by atoms with van der Waals surface area (Å²) in [4.78, 5) is 4.74. The van der Waals surface area contributed by atoms with Gasteiger partial charge in [-0.15, -0.1) is 0 Å². The summed E-state index contributed by atoms with van der Waals surface area (Å²) in [7, 11) is 3.27. The smallest absolute Gasteiger partial charge is 0.156 e. The van der Waals surface area contributed by atoms with E-state index in [0.717, 1.165) is 34.1 Å². The van der Waals surface area contributed by atoms with Crippen LogP contribution in [0.2, 0.25) is 0 Å². The van der Waals surface area contributed by atoms with Crippen LogP contribution >= 0.6 is 0 Å². The summed E-state index contributed by atoms with van der Waals surface area (Å²) < 4.78 is 12.6. The molecule has 4 aromatic rings. The standard InChI is InChI=1S/C25H23N3O2/c1-18-9-11-19(12-10-18)23-16-25(28(27-23)21-7-5-4-6-8-21)26-17-20-13-14-22(29-2)15-24(20)30-3/h4-17H,1-3H3. The largest absolute Gasteiger partial charge is 0.497 e. The predicted octanol–water partition coefficient (Wildman–Crippen LogP) is 5.62. The van der Waals surface area contributed by atoms with Gasteiger partial charge in [0.05, 0.1) is 25.6 Å². The average Bonchev–Trinajstić information content (AvgIpc) is 3.23. The molecular formula is C25H23N3O2.